The van der Waals surface area contributed by atoms with E-state index in [2.05, 4.69) is 31.2 Å². The fourth-order valence-corrected chi connectivity index (χ4v) is 4.26. The lowest BCUT2D eigenvalue weighted by Crippen LogP contribution is -2.42. The molecule has 0 fully saturated rings. The Labute approximate surface area is 223 Å². The van der Waals surface area contributed by atoms with Gasteiger partial charge in [0.1, 0.15) is 12.0 Å². The molecule has 9 nitrogen and oxygen atoms in total. The van der Waals surface area contributed by atoms with Crippen LogP contribution in [0.3, 0.4) is 0 Å². The summed E-state index contributed by atoms with van der Waals surface area (Å²) in [6.45, 7) is 4.68. The fraction of sp³-hybridized carbons (Fsp3) is 0.259. The van der Waals surface area contributed by atoms with Gasteiger partial charge < -0.3 is 26.4 Å². The summed E-state index contributed by atoms with van der Waals surface area (Å²) < 4.78 is 15.3. The van der Waals surface area contributed by atoms with E-state index in [9.17, 15) is 19.1 Å². The Kier molecular flexibility index (Phi) is 8.18. The van der Waals surface area contributed by atoms with Crippen LogP contribution < -0.4 is 21.3 Å². The molecule has 11 heteroatoms. The quantitative estimate of drug-likeness (QED) is 0.198. The van der Waals surface area contributed by atoms with Gasteiger partial charge in [0, 0.05) is 35.7 Å². The SMILES string of the molecule is CCNC(=O)c1ccc(Nc2cc(Nc3ccc4ncsc4c3)ncc2C(=O)NC[C@@H](F)C(C)(C)O)cc1. The molecule has 0 aliphatic heterocycles. The molecule has 2 amide bonds. The molecule has 0 aliphatic carbocycles. The summed E-state index contributed by atoms with van der Waals surface area (Å²) >= 11 is 1.53. The van der Waals surface area contributed by atoms with Crippen molar-refractivity contribution in [3.8, 4) is 0 Å². The molecule has 0 saturated carbocycles. The van der Waals surface area contributed by atoms with Gasteiger partial charge >= 0.3 is 0 Å². The zero-order valence-electron chi connectivity index (χ0n) is 21.2. The third kappa shape index (κ3) is 6.61. The summed E-state index contributed by atoms with van der Waals surface area (Å²) in [6.07, 6.45) is -0.258. The lowest BCUT2D eigenvalue weighted by Gasteiger charge is -2.22. The van der Waals surface area contributed by atoms with E-state index in [0.717, 1.165) is 15.9 Å². The number of amides is 2. The van der Waals surface area contributed by atoms with Crippen LogP contribution in [-0.2, 0) is 0 Å². The number of aromatic nitrogens is 2. The summed E-state index contributed by atoms with van der Waals surface area (Å²) in [5, 5.41) is 21.6. The Bertz CT molecular complexity index is 1440. The van der Waals surface area contributed by atoms with Crippen LogP contribution in [0.2, 0.25) is 0 Å². The highest BCUT2D eigenvalue weighted by molar-refractivity contribution is 7.16. The molecule has 4 aromatic rings. The minimum Gasteiger partial charge on any atom is -0.387 e. The normalized spacial score (nSPS) is 12.1. The number of carbonyl (C=O) groups is 2. The first-order valence-electron chi connectivity index (χ1n) is 12.0. The van der Waals surface area contributed by atoms with Crippen LogP contribution in [0.5, 0.6) is 0 Å². The number of rotatable bonds is 10. The number of anilines is 4. The van der Waals surface area contributed by atoms with Crippen molar-refractivity contribution in [2.24, 2.45) is 0 Å². The number of hydrogen-bond acceptors (Lipinski definition) is 8. The Morgan fingerprint density at radius 1 is 1.00 bits per heavy atom. The highest BCUT2D eigenvalue weighted by Crippen LogP contribution is 2.28. The van der Waals surface area contributed by atoms with Gasteiger partial charge in [0.05, 0.1) is 39.1 Å². The molecule has 0 saturated heterocycles. The molecular formula is C27H29FN6O3S. The summed E-state index contributed by atoms with van der Waals surface area (Å²) in [5.74, 6) is -0.254. The second kappa shape index (κ2) is 11.5. The van der Waals surface area contributed by atoms with Crippen molar-refractivity contribution in [3.05, 3.63) is 71.4 Å². The van der Waals surface area contributed by atoms with Crippen LogP contribution in [0.1, 0.15) is 41.5 Å². The first-order valence-corrected chi connectivity index (χ1v) is 12.9. The highest BCUT2D eigenvalue weighted by Gasteiger charge is 2.27. The molecule has 0 radical (unpaired) electrons. The summed E-state index contributed by atoms with van der Waals surface area (Å²) in [5.41, 5.74) is 3.63. The number of nitrogens with zero attached hydrogens (tertiary/aromatic N) is 2. The summed E-state index contributed by atoms with van der Waals surface area (Å²) in [6, 6.07) is 14.2. The number of benzene rings is 2. The second-order valence-electron chi connectivity index (χ2n) is 9.17. The van der Waals surface area contributed by atoms with Gasteiger partial charge in [-0.2, -0.15) is 0 Å². The van der Waals surface area contributed by atoms with E-state index in [4.69, 9.17) is 0 Å². The van der Waals surface area contributed by atoms with E-state index < -0.39 is 17.7 Å². The molecule has 2 heterocycles. The summed E-state index contributed by atoms with van der Waals surface area (Å²) in [4.78, 5) is 33.7. The fourth-order valence-electron chi connectivity index (χ4n) is 3.54. The minimum atomic E-state index is -1.65. The Hall–Kier alpha value is -4.09. The molecule has 2 aromatic heterocycles. The molecule has 38 heavy (non-hydrogen) atoms. The van der Waals surface area contributed by atoms with Gasteiger partial charge in [-0.15, -0.1) is 11.3 Å². The first-order chi connectivity index (χ1) is 18.1. The zero-order valence-corrected chi connectivity index (χ0v) is 22.0. The van der Waals surface area contributed by atoms with Gasteiger partial charge in [-0.3, -0.25) is 9.59 Å². The van der Waals surface area contributed by atoms with Gasteiger partial charge in [0.2, 0.25) is 0 Å². The van der Waals surface area contributed by atoms with Crippen molar-refractivity contribution < 1.29 is 19.1 Å². The molecule has 0 unspecified atom stereocenters. The van der Waals surface area contributed by atoms with Crippen LogP contribution in [0.25, 0.3) is 10.2 Å². The second-order valence-corrected chi connectivity index (χ2v) is 10.1. The molecule has 4 rings (SSSR count). The van der Waals surface area contributed by atoms with Crippen LogP contribution in [-0.4, -0.2) is 51.8 Å². The van der Waals surface area contributed by atoms with Crippen molar-refractivity contribution in [3.63, 3.8) is 0 Å². The molecule has 2 aromatic carbocycles. The number of pyridine rings is 1. The predicted octanol–water partition coefficient (Wildman–Crippen LogP) is 4.77. The number of alkyl halides is 1. The number of hydrogen-bond donors (Lipinski definition) is 5. The van der Waals surface area contributed by atoms with E-state index in [1.807, 2.05) is 25.1 Å². The number of aliphatic hydroxyl groups is 1. The standard InChI is InChI=1S/C27H29FN6O3S/c1-4-29-25(35)16-5-7-17(8-6-16)33-21-12-24(34-18-9-10-20-22(11-18)38-15-32-20)30-13-19(21)26(36)31-14-23(28)27(2,3)37/h5-13,15,23,37H,4,14H2,1-3H3,(H,29,35)(H,31,36)(H2,30,33,34)/t23-/m1/s1. The van der Waals surface area contributed by atoms with Gasteiger partial charge in [0.15, 0.2) is 0 Å². The van der Waals surface area contributed by atoms with Gasteiger partial charge in [-0.05, 0) is 63.2 Å². The lowest BCUT2D eigenvalue weighted by atomic mass is 10.0. The molecular weight excluding hydrogens is 507 g/mol. The maximum absolute atomic E-state index is 14.2. The number of fused-ring (bicyclic) bond motifs is 1. The third-order valence-corrected chi connectivity index (χ3v) is 6.52. The monoisotopic (exact) mass is 536 g/mol. The van der Waals surface area contributed by atoms with Gasteiger partial charge in [0.25, 0.3) is 11.8 Å². The maximum Gasteiger partial charge on any atom is 0.255 e. The number of nitrogens with one attached hydrogen (secondary N) is 4. The third-order valence-electron chi connectivity index (χ3n) is 5.72. The minimum absolute atomic E-state index is 0.181. The van der Waals surface area contributed by atoms with Crippen molar-refractivity contribution in [2.75, 3.05) is 23.7 Å². The predicted molar refractivity (Wildman–Crippen MR) is 148 cm³/mol. The topological polar surface area (TPSA) is 128 Å². The van der Waals surface area contributed by atoms with E-state index in [-0.39, 0.29) is 18.0 Å². The van der Waals surface area contributed by atoms with Crippen LogP contribution in [0.4, 0.5) is 27.3 Å². The molecule has 198 valence electrons. The molecule has 0 aliphatic rings. The number of halogens is 1. The average molecular weight is 537 g/mol. The van der Waals surface area contributed by atoms with E-state index in [0.29, 0.717) is 29.3 Å². The van der Waals surface area contributed by atoms with Gasteiger partial charge in [-0.25, -0.2) is 14.4 Å². The van der Waals surface area contributed by atoms with Crippen molar-refractivity contribution in [1.29, 1.82) is 0 Å². The molecule has 0 bridgehead atoms. The number of carbonyl (C=O) groups excluding carboxylic acids is 2. The first kappa shape index (κ1) is 27.0. The Morgan fingerprint density at radius 2 is 1.74 bits per heavy atom. The van der Waals surface area contributed by atoms with Crippen LogP contribution in [0.15, 0.2) is 60.2 Å². The van der Waals surface area contributed by atoms with Crippen molar-refractivity contribution >= 4 is 56.2 Å². The Morgan fingerprint density at radius 3 is 2.45 bits per heavy atom. The molecule has 1 atom stereocenters. The van der Waals surface area contributed by atoms with Crippen LogP contribution >= 0.6 is 11.3 Å². The maximum atomic E-state index is 14.2. The van der Waals surface area contributed by atoms with Crippen molar-refractivity contribution in [2.45, 2.75) is 32.5 Å². The van der Waals surface area contributed by atoms with E-state index in [1.54, 1.807) is 35.8 Å². The van der Waals surface area contributed by atoms with E-state index >= 15 is 0 Å². The van der Waals surface area contributed by atoms with Crippen molar-refractivity contribution in [1.82, 2.24) is 20.6 Å². The van der Waals surface area contributed by atoms with Crippen LogP contribution in [0, 0.1) is 0 Å². The summed E-state index contributed by atoms with van der Waals surface area (Å²) in [7, 11) is 0. The zero-order chi connectivity index (χ0) is 27.3. The average Bonchev–Trinajstić information content (AvgIpc) is 3.35. The Balaban J connectivity index is 1.59. The van der Waals surface area contributed by atoms with Gasteiger partial charge in [-0.1, -0.05) is 0 Å². The van der Waals surface area contributed by atoms with E-state index in [1.165, 1.54) is 31.4 Å². The smallest absolute Gasteiger partial charge is 0.255 e. The molecule has 5 N–H and O–H groups in total. The number of thiazole rings is 1. The largest absolute Gasteiger partial charge is 0.387 e. The lowest BCUT2D eigenvalue weighted by molar-refractivity contribution is -0.00177. The molecule has 0 spiro atoms. The highest BCUT2D eigenvalue weighted by atomic mass is 32.1.